The van der Waals surface area contributed by atoms with Crippen molar-refractivity contribution in [2.75, 3.05) is 13.1 Å². The topological polar surface area (TPSA) is 200 Å². The molecule has 0 aliphatic carbocycles. The number of aryl methyl sites for hydroxylation is 1. The number of aliphatic hydroxyl groups is 2. The first-order chi connectivity index (χ1) is 16.0. The fraction of sp³-hybridized carbons (Fsp3) is 0.476. The molecule has 1 unspecified atom stereocenters. The minimum Gasteiger partial charge on any atom is -0.358 e. The number of amides is 3. The third-order valence-corrected chi connectivity index (χ3v) is 7.07. The highest BCUT2D eigenvalue weighted by Gasteiger charge is 2.78. The largest absolute Gasteiger partial charge is 0.358 e. The van der Waals surface area contributed by atoms with Crippen LogP contribution in [0.2, 0.25) is 0 Å². The molecule has 4 aliphatic heterocycles. The highest BCUT2D eigenvalue weighted by atomic mass is 16.5. The van der Waals surface area contributed by atoms with Gasteiger partial charge in [-0.05, 0) is 19.1 Å². The Hall–Kier alpha value is -3.71. The summed E-state index contributed by atoms with van der Waals surface area (Å²) >= 11 is 0. The smallest absolute Gasteiger partial charge is 0.347 e. The molecule has 0 aromatic heterocycles. The van der Waals surface area contributed by atoms with Crippen LogP contribution in [0.1, 0.15) is 28.8 Å². The van der Waals surface area contributed by atoms with E-state index in [0.29, 0.717) is 5.56 Å². The lowest BCUT2D eigenvalue weighted by Gasteiger charge is -2.41. The predicted octanol–water partition coefficient (Wildman–Crippen LogP) is -5.70. The van der Waals surface area contributed by atoms with E-state index in [9.17, 15) is 24.6 Å². The van der Waals surface area contributed by atoms with Gasteiger partial charge < -0.3 is 15.5 Å². The number of hydrogen-bond acceptors (Lipinski definition) is 9. The summed E-state index contributed by atoms with van der Waals surface area (Å²) in [6.07, 6.45) is 0.257. The Bertz CT molecular complexity index is 1150. The fourth-order valence-corrected chi connectivity index (χ4v) is 5.45. The molecule has 4 atom stereocenters. The van der Waals surface area contributed by atoms with Gasteiger partial charge in [-0.25, -0.2) is 9.89 Å². The average molecular weight is 473 g/mol. The minimum absolute atomic E-state index is 0.0447. The van der Waals surface area contributed by atoms with E-state index in [1.807, 2.05) is 13.0 Å². The number of rotatable bonds is 4. The van der Waals surface area contributed by atoms with Crippen LogP contribution in [-0.2, 0) is 9.59 Å². The summed E-state index contributed by atoms with van der Waals surface area (Å²) in [5, 5.41) is 31.6. The van der Waals surface area contributed by atoms with Crippen LogP contribution in [0.5, 0.6) is 0 Å². The van der Waals surface area contributed by atoms with Crippen molar-refractivity contribution < 1.29 is 34.2 Å². The highest BCUT2D eigenvalue weighted by Crippen LogP contribution is 2.37. The number of nitrogens with zero attached hydrogens (tertiary/aromatic N) is 2. The van der Waals surface area contributed by atoms with Gasteiger partial charge in [0.1, 0.15) is 12.1 Å². The molecule has 0 bridgehead atoms. The third kappa shape index (κ3) is 3.04. The van der Waals surface area contributed by atoms with Gasteiger partial charge in [0.05, 0.1) is 13.1 Å². The first kappa shape index (κ1) is 22.1. The van der Waals surface area contributed by atoms with E-state index in [-0.39, 0.29) is 49.7 Å². The monoisotopic (exact) mass is 472 g/mol. The Morgan fingerprint density at radius 2 is 2.00 bits per heavy atom. The molecule has 34 heavy (non-hydrogen) atoms. The van der Waals surface area contributed by atoms with Crippen molar-refractivity contribution in [3.8, 4) is 0 Å². The Kier molecular flexibility index (Phi) is 4.81. The maximum absolute atomic E-state index is 12.9. The number of carbonyl (C=O) groups excluding carboxylic acids is 3. The molecular weight excluding hydrogens is 444 g/mol. The number of carbonyl (C=O) groups is 3. The molecule has 2 saturated heterocycles. The first-order valence-corrected chi connectivity index (χ1v) is 11.0. The number of nitrogens with one attached hydrogen (secondary N) is 4. The summed E-state index contributed by atoms with van der Waals surface area (Å²) in [7, 11) is 0. The summed E-state index contributed by atoms with van der Waals surface area (Å²) < 4.78 is 1.50. The van der Waals surface area contributed by atoms with Gasteiger partial charge in [-0.15, -0.1) is 0 Å². The Morgan fingerprint density at radius 1 is 1.29 bits per heavy atom. The lowest BCUT2D eigenvalue weighted by atomic mass is 9.85. The van der Waals surface area contributed by atoms with Crippen molar-refractivity contribution in [1.82, 2.24) is 20.9 Å². The molecule has 4 aliphatic rings. The van der Waals surface area contributed by atoms with E-state index in [4.69, 9.17) is 11.5 Å². The molecular formula is C21H28N8O5+2. The molecule has 10 N–H and O–H groups in total. The summed E-state index contributed by atoms with van der Waals surface area (Å²) in [6.45, 7) is 1.76. The molecule has 2 fully saturated rings. The van der Waals surface area contributed by atoms with Gasteiger partial charge in [-0.3, -0.25) is 41.1 Å². The van der Waals surface area contributed by atoms with E-state index >= 15 is 0 Å². The van der Waals surface area contributed by atoms with Gasteiger partial charge >= 0.3 is 11.9 Å². The van der Waals surface area contributed by atoms with E-state index in [0.717, 1.165) is 10.5 Å². The molecule has 4 heterocycles. The van der Waals surface area contributed by atoms with E-state index in [2.05, 4.69) is 20.9 Å². The van der Waals surface area contributed by atoms with Crippen LogP contribution >= 0.6 is 0 Å². The maximum Gasteiger partial charge on any atom is 0.347 e. The second-order valence-electron chi connectivity index (χ2n) is 9.19. The Labute approximate surface area is 194 Å². The molecule has 13 nitrogen and oxygen atoms in total. The molecule has 13 heteroatoms. The first-order valence-electron chi connectivity index (χ1n) is 11.0. The molecule has 180 valence electrons. The quantitative estimate of drug-likeness (QED) is 0.119. The van der Waals surface area contributed by atoms with Crippen LogP contribution in [-0.4, -0.2) is 92.0 Å². The van der Waals surface area contributed by atoms with E-state index < -0.39 is 35.5 Å². The SMILES string of the molecule is Cc1cccc(C(=O)NC2C[N+]3=C(N)N[C@@H](CN4C(=O)CCC4=O)[C@@H]4[NH+]=C(N)N[C@@]43C2(O)O)c1. The highest BCUT2D eigenvalue weighted by molar-refractivity contribution is 6.02. The normalized spacial score (nSPS) is 31.6. The molecule has 5 rings (SSSR count). The van der Waals surface area contributed by atoms with Gasteiger partial charge in [0.2, 0.25) is 11.8 Å². The van der Waals surface area contributed by atoms with Gasteiger partial charge in [-0.1, -0.05) is 17.7 Å². The van der Waals surface area contributed by atoms with Crippen LogP contribution in [0.15, 0.2) is 24.3 Å². The molecule has 1 spiro atoms. The van der Waals surface area contributed by atoms with E-state index in [1.54, 1.807) is 18.2 Å². The second kappa shape index (κ2) is 7.40. The van der Waals surface area contributed by atoms with E-state index in [1.165, 1.54) is 4.58 Å². The zero-order chi connectivity index (χ0) is 24.4. The maximum atomic E-state index is 12.9. The average Bonchev–Trinajstić information content (AvgIpc) is 3.36. The number of nitrogens with two attached hydrogens (primary N) is 2. The van der Waals surface area contributed by atoms with Crippen molar-refractivity contribution in [1.29, 1.82) is 0 Å². The number of likely N-dealkylation sites (tertiary alicyclic amines) is 1. The zero-order valence-corrected chi connectivity index (χ0v) is 18.5. The third-order valence-electron chi connectivity index (χ3n) is 7.07. The molecule has 1 aromatic carbocycles. The van der Waals surface area contributed by atoms with Crippen LogP contribution in [0, 0.1) is 6.92 Å². The van der Waals surface area contributed by atoms with Gasteiger partial charge in [0, 0.05) is 18.4 Å². The number of benzene rings is 1. The van der Waals surface area contributed by atoms with Crippen molar-refractivity contribution in [2.45, 2.75) is 49.3 Å². The van der Waals surface area contributed by atoms with Gasteiger partial charge in [0.15, 0.2) is 6.04 Å². The van der Waals surface area contributed by atoms with Crippen molar-refractivity contribution in [3.63, 3.8) is 0 Å². The number of guanidine groups is 2. The van der Waals surface area contributed by atoms with Crippen molar-refractivity contribution >= 4 is 29.6 Å². The fourth-order valence-electron chi connectivity index (χ4n) is 5.45. The minimum atomic E-state index is -2.55. The standard InChI is InChI=1S/C21H26N8O5/c1-10-3-2-4-11(7-10)17(32)25-13-9-29-19(23)24-12(8-28-14(30)5-6-15(28)31)16-20(29,21(13,33)34)27-18(22)26-16/h2-4,7,12-13,16,33-34H,5-6,8-9H2,1H3,(H6,22,23,24,25,26,27,32)/p+2/t12-,13?,16-,20-/m0/s1. The summed E-state index contributed by atoms with van der Waals surface area (Å²) in [5.74, 6) is -3.49. The van der Waals surface area contributed by atoms with Crippen LogP contribution in [0.3, 0.4) is 0 Å². The lowest BCUT2D eigenvalue weighted by Crippen LogP contribution is -2.92. The molecule has 3 amide bonds. The summed E-state index contributed by atoms with van der Waals surface area (Å²) in [5.41, 5.74) is 11.9. The van der Waals surface area contributed by atoms with Crippen molar-refractivity contribution in [3.05, 3.63) is 35.4 Å². The predicted molar refractivity (Wildman–Crippen MR) is 117 cm³/mol. The second-order valence-corrected chi connectivity index (χ2v) is 9.19. The Balaban J connectivity index is 1.48. The lowest BCUT2D eigenvalue weighted by molar-refractivity contribution is -0.674. The number of imide groups is 1. The van der Waals surface area contributed by atoms with Crippen LogP contribution in [0.25, 0.3) is 0 Å². The molecule has 0 saturated carbocycles. The van der Waals surface area contributed by atoms with Crippen LogP contribution in [0.4, 0.5) is 0 Å². The summed E-state index contributed by atoms with van der Waals surface area (Å²) in [6, 6.07) is 4.24. The van der Waals surface area contributed by atoms with Gasteiger partial charge in [0.25, 0.3) is 17.4 Å². The van der Waals surface area contributed by atoms with Crippen molar-refractivity contribution in [2.24, 2.45) is 11.5 Å². The Morgan fingerprint density at radius 3 is 2.68 bits per heavy atom. The van der Waals surface area contributed by atoms with Crippen LogP contribution < -0.4 is 32.4 Å². The molecule has 1 aromatic rings. The summed E-state index contributed by atoms with van der Waals surface area (Å²) in [4.78, 5) is 41.4. The number of hydrogen-bond donors (Lipinski definition) is 8. The molecule has 0 radical (unpaired) electrons. The van der Waals surface area contributed by atoms with Gasteiger partial charge in [-0.2, -0.15) is 0 Å². The zero-order valence-electron chi connectivity index (χ0n) is 18.5.